The molecule has 136 valence electrons. The van der Waals surface area contributed by atoms with E-state index < -0.39 is 0 Å². The number of nitrogens with zero attached hydrogens (tertiary/aromatic N) is 3. The Bertz CT molecular complexity index is 1010. The number of nitrogens with one attached hydrogen (secondary N) is 1. The predicted octanol–water partition coefficient (Wildman–Crippen LogP) is 5.17. The number of fused-ring (bicyclic) bond motifs is 1. The van der Waals surface area contributed by atoms with Gasteiger partial charge in [-0.2, -0.15) is 0 Å². The number of carbonyl (C=O) groups is 1. The summed E-state index contributed by atoms with van der Waals surface area (Å²) in [5, 5.41) is 11.5. The van der Waals surface area contributed by atoms with Crippen LogP contribution in [-0.4, -0.2) is 26.8 Å². The van der Waals surface area contributed by atoms with Crippen molar-refractivity contribution < 1.29 is 4.79 Å². The lowest BCUT2D eigenvalue weighted by Crippen LogP contribution is -2.13. The number of hydrogen-bond donors (Lipinski definition) is 1. The number of thiazole rings is 1. The van der Waals surface area contributed by atoms with Gasteiger partial charge in [-0.25, -0.2) is 4.98 Å². The zero-order valence-corrected chi connectivity index (χ0v) is 17.3. The highest BCUT2D eigenvalue weighted by Crippen LogP contribution is 2.30. The van der Waals surface area contributed by atoms with E-state index in [2.05, 4.69) is 32.6 Å². The largest absolute Gasteiger partial charge is 0.300 e. The zero-order valence-electron chi connectivity index (χ0n) is 14.0. The van der Waals surface area contributed by atoms with Crippen molar-refractivity contribution in [1.82, 2.24) is 15.2 Å². The second kappa shape index (κ2) is 8.83. The highest BCUT2D eigenvalue weighted by Gasteiger charge is 2.11. The van der Waals surface area contributed by atoms with Gasteiger partial charge in [-0.15, -0.1) is 21.5 Å². The molecule has 0 atom stereocenters. The van der Waals surface area contributed by atoms with Gasteiger partial charge in [0.2, 0.25) is 11.0 Å². The van der Waals surface area contributed by atoms with Gasteiger partial charge < -0.3 is 0 Å². The standard InChI is InChI=1S/C18H14N4OS4/c23-15(11-25-17-19-13-8-4-5-9-14(13)26-17)20-16-21-22-18(27-16)24-10-12-6-2-1-3-7-12/h1-9H,10-11H2,(H,20,21,23). The summed E-state index contributed by atoms with van der Waals surface area (Å²) in [6.45, 7) is 0. The number of rotatable bonds is 7. The smallest absolute Gasteiger partial charge is 0.236 e. The Morgan fingerprint density at radius 3 is 2.59 bits per heavy atom. The minimum Gasteiger partial charge on any atom is -0.300 e. The maximum absolute atomic E-state index is 12.2. The van der Waals surface area contributed by atoms with E-state index in [1.807, 2.05) is 42.5 Å². The SMILES string of the molecule is O=C(CSc1nc2ccccc2s1)Nc1nnc(SCc2ccccc2)s1. The van der Waals surface area contributed by atoms with Crippen LogP contribution in [0.1, 0.15) is 5.56 Å². The fourth-order valence-corrected chi connectivity index (χ4v) is 5.83. The maximum Gasteiger partial charge on any atom is 0.236 e. The molecule has 0 bridgehead atoms. The van der Waals surface area contributed by atoms with Gasteiger partial charge in [-0.1, -0.05) is 77.3 Å². The van der Waals surface area contributed by atoms with Crippen molar-refractivity contribution in [3.05, 3.63) is 60.2 Å². The third kappa shape index (κ3) is 5.07. The van der Waals surface area contributed by atoms with Gasteiger partial charge in [0, 0.05) is 5.75 Å². The van der Waals surface area contributed by atoms with Crippen LogP contribution in [0.4, 0.5) is 5.13 Å². The van der Waals surface area contributed by atoms with Crippen LogP contribution in [0.25, 0.3) is 10.2 Å². The molecule has 5 nitrogen and oxygen atoms in total. The second-order valence-corrected chi connectivity index (χ2v) is 9.88. The number of hydrogen-bond acceptors (Lipinski definition) is 8. The van der Waals surface area contributed by atoms with Crippen LogP contribution in [0, 0.1) is 0 Å². The van der Waals surface area contributed by atoms with Crippen LogP contribution in [0.2, 0.25) is 0 Å². The van der Waals surface area contributed by atoms with Crippen LogP contribution in [0.3, 0.4) is 0 Å². The Balaban J connectivity index is 1.27. The normalized spacial score (nSPS) is 11.0. The molecular weight excluding hydrogens is 416 g/mol. The van der Waals surface area contributed by atoms with Gasteiger partial charge in [0.1, 0.15) is 0 Å². The molecule has 0 aliphatic heterocycles. The number of carbonyl (C=O) groups excluding carboxylic acids is 1. The summed E-state index contributed by atoms with van der Waals surface area (Å²) in [6, 6.07) is 18.2. The Hall–Kier alpha value is -1.94. The zero-order chi connectivity index (χ0) is 18.5. The Kier molecular flexibility index (Phi) is 6.03. The van der Waals surface area contributed by atoms with Gasteiger partial charge in [-0.05, 0) is 17.7 Å². The molecule has 0 aliphatic rings. The molecule has 0 radical (unpaired) electrons. The first kappa shape index (κ1) is 18.4. The first-order valence-corrected chi connectivity index (χ1v) is 11.6. The Morgan fingerprint density at radius 2 is 1.74 bits per heavy atom. The van der Waals surface area contributed by atoms with Gasteiger partial charge in [0.15, 0.2) is 8.68 Å². The van der Waals surface area contributed by atoms with E-state index >= 15 is 0 Å². The van der Waals surface area contributed by atoms with Gasteiger partial charge >= 0.3 is 0 Å². The molecule has 2 heterocycles. The van der Waals surface area contributed by atoms with Crippen LogP contribution >= 0.6 is 46.2 Å². The van der Waals surface area contributed by atoms with Gasteiger partial charge in [0.25, 0.3) is 0 Å². The molecule has 9 heteroatoms. The van der Waals surface area contributed by atoms with E-state index in [1.165, 1.54) is 28.7 Å². The van der Waals surface area contributed by atoms with Crippen LogP contribution in [0.5, 0.6) is 0 Å². The lowest BCUT2D eigenvalue weighted by atomic mass is 10.2. The first-order valence-electron chi connectivity index (χ1n) is 8.05. The van der Waals surface area contributed by atoms with Crippen molar-refractivity contribution in [3.8, 4) is 0 Å². The number of anilines is 1. The lowest BCUT2D eigenvalue weighted by Gasteiger charge is -1.99. The molecule has 4 rings (SSSR count). The van der Waals surface area contributed by atoms with E-state index in [-0.39, 0.29) is 5.91 Å². The Morgan fingerprint density at radius 1 is 0.926 bits per heavy atom. The highest BCUT2D eigenvalue weighted by atomic mass is 32.2. The highest BCUT2D eigenvalue weighted by molar-refractivity contribution is 8.01. The van der Waals surface area contributed by atoms with E-state index in [9.17, 15) is 4.79 Å². The lowest BCUT2D eigenvalue weighted by molar-refractivity contribution is -0.113. The van der Waals surface area contributed by atoms with E-state index in [0.717, 1.165) is 24.6 Å². The second-order valence-electron chi connectivity index (χ2n) is 5.43. The van der Waals surface area contributed by atoms with Crippen LogP contribution in [0.15, 0.2) is 63.3 Å². The predicted molar refractivity (Wildman–Crippen MR) is 115 cm³/mol. The minimum atomic E-state index is -0.102. The van der Waals surface area contributed by atoms with Crippen molar-refractivity contribution in [2.24, 2.45) is 0 Å². The topological polar surface area (TPSA) is 67.8 Å². The number of aromatic nitrogens is 3. The molecule has 0 aliphatic carbocycles. The molecule has 1 amide bonds. The molecule has 2 aromatic heterocycles. The number of thioether (sulfide) groups is 2. The fraction of sp³-hybridized carbons (Fsp3) is 0.111. The summed E-state index contributed by atoms with van der Waals surface area (Å²) in [7, 11) is 0. The number of benzene rings is 2. The van der Waals surface area contributed by atoms with Crippen LogP contribution in [-0.2, 0) is 10.5 Å². The molecular formula is C18H14N4OS4. The quantitative estimate of drug-likeness (QED) is 0.322. The first-order chi connectivity index (χ1) is 13.3. The minimum absolute atomic E-state index is 0.102. The summed E-state index contributed by atoms with van der Waals surface area (Å²) in [5.74, 6) is 1.03. The molecule has 1 N–H and O–H groups in total. The van der Waals surface area contributed by atoms with Crippen molar-refractivity contribution in [1.29, 1.82) is 0 Å². The third-order valence-corrected chi connectivity index (χ3v) is 7.68. The molecule has 2 aromatic carbocycles. The number of amides is 1. The summed E-state index contributed by atoms with van der Waals surface area (Å²) in [6.07, 6.45) is 0. The molecule has 0 spiro atoms. The molecule has 0 saturated carbocycles. The van der Waals surface area contributed by atoms with Crippen molar-refractivity contribution in [3.63, 3.8) is 0 Å². The third-order valence-electron chi connectivity index (χ3n) is 3.46. The monoisotopic (exact) mass is 430 g/mol. The maximum atomic E-state index is 12.2. The molecule has 4 aromatic rings. The average Bonchev–Trinajstić information content (AvgIpc) is 3.32. The molecule has 0 unspecified atom stereocenters. The van der Waals surface area contributed by atoms with E-state index in [1.54, 1.807) is 23.1 Å². The van der Waals surface area contributed by atoms with Crippen molar-refractivity contribution in [2.75, 3.05) is 11.1 Å². The molecule has 27 heavy (non-hydrogen) atoms. The average molecular weight is 431 g/mol. The molecule has 0 saturated heterocycles. The summed E-state index contributed by atoms with van der Waals surface area (Å²) in [5.41, 5.74) is 2.20. The van der Waals surface area contributed by atoms with Gasteiger partial charge in [-0.3, -0.25) is 10.1 Å². The van der Waals surface area contributed by atoms with Gasteiger partial charge in [0.05, 0.1) is 16.0 Å². The van der Waals surface area contributed by atoms with Crippen molar-refractivity contribution in [2.45, 2.75) is 14.4 Å². The summed E-state index contributed by atoms with van der Waals surface area (Å²) in [4.78, 5) is 16.7. The molecule has 0 fully saturated rings. The summed E-state index contributed by atoms with van der Waals surface area (Å²) < 4.78 is 2.86. The summed E-state index contributed by atoms with van der Waals surface area (Å²) >= 11 is 6.04. The fourth-order valence-electron chi connectivity index (χ4n) is 2.23. The van der Waals surface area contributed by atoms with Crippen LogP contribution < -0.4 is 5.32 Å². The Labute approximate surface area is 172 Å². The number of para-hydroxylation sites is 1. The van der Waals surface area contributed by atoms with E-state index in [0.29, 0.717) is 10.9 Å². The van der Waals surface area contributed by atoms with Crippen molar-refractivity contribution >= 4 is 67.5 Å². The van der Waals surface area contributed by atoms with E-state index in [4.69, 9.17) is 0 Å².